The third-order valence-electron chi connectivity index (χ3n) is 6.70. The Balaban J connectivity index is 1.30. The quantitative estimate of drug-likeness (QED) is 0.534. The summed E-state index contributed by atoms with van der Waals surface area (Å²) >= 11 is 6.01. The van der Waals surface area contributed by atoms with Crippen molar-refractivity contribution in [3.63, 3.8) is 0 Å². The standard InChI is InChI=1S/C27H28ClN3O2/c28-20-7-5-19(6-8-20)27(32)11-15-31(16-12-27)14-2-4-22-23-3-1-13-30-25(23)18-33-26-10-9-21(29)17-24(22)26/h1,3-10,13,17,32H,2,11-12,14-16,18,29H2/b22-4+. The van der Waals surface area contributed by atoms with Gasteiger partial charge >= 0.3 is 0 Å². The third-order valence-corrected chi connectivity index (χ3v) is 6.95. The molecule has 2 aromatic carbocycles. The summed E-state index contributed by atoms with van der Waals surface area (Å²) in [5.41, 5.74) is 11.2. The van der Waals surface area contributed by atoms with Gasteiger partial charge in [-0.2, -0.15) is 0 Å². The van der Waals surface area contributed by atoms with Gasteiger partial charge in [-0.3, -0.25) is 4.98 Å². The van der Waals surface area contributed by atoms with Gasteiger partial charge in [0.1, 0.15) is 12.4 Å². The van der Waals surface area contributed by atoms with E-state index in [-0.39, 0.29) is 0 Å². The van der Waals surface area contributed by atoms with Crippen molar-refractivity contribution in [1.29, 1.82) is 0 Å². The number of piperidine rings is 1. The predicted octanol–water partition coefficient (Wildman–Crippen LogP) is 5.02. The molecular weight excluding hydrogens is 434 g/mol. The number of fused-ring (bicyclic) bond motifs is 2. The molecule has 5 rings (SSSR count). The maximum Gasteiger partial charge on any atom is 0.131 e. The van der Waals surface area contributed by atoms with Crippen LogP contribution < -0.4 is 10.5 Å². The largest absolute Gasteiger partial charge is 0.487 e. The molecule has 3 heterocycles. The first-order chi connectivity index (χ1) is 16.0. The summed E-state index contributed by atoms with van der Waals surface area (Å²) in [5, 5.41) is 11.8. The fourth-order valence-electron chi connectivity index (χ4n) is 4.78. The molecule has 5 nitrogen and oxygen atoms in total. The smallest absolute Gasteiger partial charge is 0.131 e. The van der Waals surface area contributed by atoms with Gasteiger partial charge in [0.05, 0.1) is 11.3 Å². The minimum atomic E-state index is -0.779. The molecule has 1 fully saturated rings. The van der Waals surface area contributed by atoms with Crippen molar-refractivity contribution < 1.29 is 9.84 Å². The zero-order valence-electron chi connectivity index (χ0n) is 18.5. The molecule has 0 amide bonds. The highest BCUT2D eigenvalue weighted by atomic mass is 35.5. The number of hydrogen-bond donors (Lipinski definition) is 2. The average molecular weight is 462 g/mol. The van der Waals surface area contributed by atoms with Crippen LogP contribution in [0.25, 0.3) is 5.57 Å². The van der Waals surface area contributed by atoms with E-state index in [0.29, 0.717) is 30.2 Å². The van der Waals surface area contributed by atoms with E-state index in [2.05, 4.69) is 22.0 Å². The second-order valence-electron chi connectivity index (χ2n) is 8.83. The first-order valence-corrected chi connectivity index (χ1v) is 11.8. The van der Waals surface area contributed by atoms with Crippen LogP contribution >= 0.6 is 11.6 Å². The van der Waals surface area contributed by atoms with Crippen molar-refractivity contribution in [1.82, 2.24) is 9.88 Å². The van der Waals surface area contributed by atoms with Crippen molar-refractivity contribution >= 4 is 22.9 Å². The van der Waals surface area contributed by atoms with Gasteiger partial charge in [-0.05, 0) is 66.8 Å². The fraction of sp³-hybridized carbons (Fsp3) is 0.296. The molecule has 0 atom stereocenters. The molecule has 1 saturated heterocycles. The summed E-state index contributed by atoms with van der Waals surface area (Å²) in [4.78, 5) is 6.96. The number of aliphatic hydroxyl groups is 1. The van der Waals surface area contributed by atoms with Crippen LogP contribution in [-0.4, -0.2) is 34.6 Å². The summed E-state index contributed by atoms with van der Waals surface area (Å²) in [5.74, 6) is 0.833. The van der Waals surface area contributed by atoms with Crippen LogP contribution in [0, 0.1) is 0 Å². The number of benzene rings is 2. The average Bonchev–Trinajstić information content (AvgIpc) is 2.98. The van der Waals surface area contributed by atoms with E-state index in [1.165, 1.54) is 0 Å². The minimum absolute atomic E-state index is 0.444. The molecule has 33 heavy (non-hydrogen) atoms. The molecule has 0 aliphatic carbocycles. The maximum absolute atomic E-state index is 11.1. The Morgan fingerprint density at radius 3 is 2.67 bits per heavy atom. The monoisotopic (exact) mass is 461 g/mol. The first kappa shape index (κ1) is 22.0. The number of rotatable bonds is 4. The van der Waals surface area contributed by atoms with Gasteiger partial charge in [-0.25, -0.2) is 0 Å². The molecule has 0 spiro atoms. The lowest BCUT2D eigenvalue weighted by Crippen LogP contribution is -2.42. The zero-order valence-corrected chi connectivity index (χ0v) is 19.3. The predicted molar refractivity (Wildman–Crippen MR) is 132 cm³/mol. The maximum atomic E-state index is 11.1. The molecule has 2 aliphatic heterocycles. The summed E-state index contributed by atoms with van der Waals surface area (Å²) in [6, 6.07) is 17.4. The van der Waals surface area contributed by atoms with Crippen LogP contribution in [-0.2, 0) is 12.2 Å². The Morgan fingerprint density at radius 1 is 1.09 bits per heavy atom. The number of pyridine rings is 1. The van der Waals surface area contributed by atoms with Crippen molar-refractivity contribution in [2.45, 2.75) is 31.5 Å². The van der Waals surface area contributed by atoms with Gasteiger partial charge in [0, 0.05) is 47.7 Å². The molecule has 3 aromatic rings. The highest BCUT2D eigenvalue weighted by Crippen LogP contribution is 2.38. The molecule has 3 N–H and O–H groups in total. The number of nitrogens with two attached hydrogens (primary N) is 1. The van der Waals surface area contributed by atoms with Gasteiger partial charge in [0.15, 0.2) is 0 Å². The minimum Gasteiger partial charge on any atom is -0.487 e. The Hall–Kier alpha value is -2.86. The van der Waals surface area contributed by atoms with Crippen LogP contribution in [0.15, 0.2) is 66.9 Å². The van der Waals surface area contributed by atoms with Crippen molar-refractivity contribution in [2.75, 3.05) is 25.4 Å². The van der Waals surface area contributed by atoms with Crippen LogP contribution in [0.2, 0.25) is 5.02 Å². The van der Waals surface area contributed by atoms with Gasteiger partial charge in [-0.15, -0.1) is 0 Å². The number of nitrogens with zero attached hydrogens (tertiary/aromatic N) is 2. The van der Waals surface area contributed by atoms with E-state index in [1.54, 1.807) is 6.20 Å². The molecule has 1 aromatic heterocycles. The second-order valence-corrected chi connectivity index (χ2v) is 9.26. The number of hydrogen-bond acceptors (Lipinski definition) is 5. The normalized spacial score (nSPS) is 18.8. The highest BCUT2D eigenvalue weighted by molar-refractivity contribution is 6.30. The summed E-state index contributed by atoms with van der Waals surface area (Å²) in [7, 11) is 0. The van der Waals surface area contributed by atoms with E-state index < -0.39 is 5.60 Å². The van der Waals surface area contributed by atoms with E-state index in [1.807, 2.05) is 48.5 Å². The van der Waals surface area contributed by atoms with E-state index in [4.69, 9.17) is 22.1 Å². The number of anilines is 1. The summed E-state index contributed by atoms with van der Waals surface area (Å²) < 4.78 is 6.02. The Bertz CT molecular complexity index is 1170. The number of nitrogen functional groups attached to an aromatic ring is 1. The Kier molecular flexibility index (Phi) is 6.11. The number of likely N-dealkylation sites (tertiary alicyclic amines) is 1. The van der Waals surface area contributed by atoms with Crippen LogP contribution in [0.3, 0.4) is 0 Å². The topological polar surface area (TPSA) is 71.6 Å². The van der Waals surface area contributed by atoms with Crippen molar-refractivity contribution in [3.05, 3.63) is 94.3 Å². The highest BCUT2D eigenvalue weighted by Gasteiger charge is 2.33. The lowest BCUT2D eigenvalue weighted by Gasteiger charge is -2.38. The molecule has 6 heteroatoms. The number of aromatic nitrogens is 1. The van der Waals surface area contributed by atoms with Gasteiger partial charge < -0.3 is 20.5 Å². The molecule has 170 valence electrons. The second kappa shape index (κ2) is 9.18. The summed E-state index contributed by atoms with van der Waals surface area (Å²) in [6.07, 6.45) is 6.39. The lowest BCUT2D eigenvalue weighted by atomic mass is 9.84. The van der Waals surface area contributed by atoms with E-state index in [0.717, 1.165) is 59.8 Å². The van der Waals surface area contributed by atoms with Gasteiger partial charge in [0.2, 0.25) is 0 Å². The lowest BCUT2D eigenvalue weighted by molar-refractivity contribution is -0.0254. The molecule has 0 unspecified atom stereocenters. The first-order valence-electron chi connectivity index (χ1n) is 11.4. The molecule has 0 bridgehead atoms. The Labute approximate surface area is 199 Å². The Morgan fingerprint density at radius 2 is 1.88 bits per heavy atom. The number of ether oxygens (including phenoxy) is 1. The van der Waals surface area contributed by atoms with Crippen molar-refractivity contribution in [3.8, 4) is 5.75 Å². The SMILES string of the molecule is Nc1ccc2c(c1)/C(=C/CCN1CCC(O)(c3ccc(Cl)cc3)CC1)c1cccnc1CO2. The summed E-state index contributed by atoms with van der Waals surface area (Å²) in [6.45, 7) is 3.08. The van der Waals surface area contributed by atoms with Crippen LogP contribution in [0.5, 0.6) is 5.75 Å². The number of halogens is 1. The van der Waals surface area contributed by atoms with Crippen LogP contribution in [0.4, 0.5) is 5.69 Å². The van der Waals surface area contributed by atoms with Gasteiger partial charge in [-0.1, -0.05) is 35.9 Å². The molecular formula is C27H28ClN3O2. The third kappa shape index (κ3) is 4.62. The molecule has 2 aliphatic rings. The fourth-order valence-corrected chi connectivity index (χ4v) is 4.91. The van der Waals surface area contributed by atoms with E-state index >= 15 is 0 Å². The molecule has 0 saturated carbocycles. The van der Waals surface area contributed by atoms with E-state index in [9.17, 15) is 5.11 Å². The van der Waals surface area contributed by atoms with Gasteiger partial charge in [0.25, 0.3) is 0 Å². The van der Waals surface area contributed by atoms with Crippen molar-refractivity contribution in [2.24, 2.45) is 0 Å². The van der Waals surface area contributed by atoms with Crippen LogP contribution in [0.1, 0.15) is 41.6 Å². The molecule has 0 radical (unpaired) electrons. The zero-order chi connectivity index (χ0) is 22.8.